The molecule has 27 heavy (non-hydrogen) atoms. The molecule has 1 aromatic carbocycles. The summed E-state index contributed by atoms with van der Waals surface area (Å²) in [7, 11) is -2.66. The van der Waals surface area contributed by atoms with Gasteiger partial charge >= 0.3 is 5.97 Å². The number of nitrogens with one attached hydrogen (secondary N) is 2. The van der Waals surface area contributed by atoms with Crippen molar-refractivity contribution in [3.8, 4) is 6.07 Å². The number of rotatable bonds is 7. The predicted octanol–water partition coefficient (Wildman–Crippen LogP) is 1.85. The number of carbonyl (C=O) groups is 2. The van der Waals surface area contributed by atoms with Crippen molar-refractivity contribution >= 4 is 33.5 Å². The van der Waals surface area contributed by atoms with Crippen LogP contribution in [0.1, 0.15) is 38.1 Å². The van der Waals surface area contributed by atoms with E-state index in [1.54, 1.807) is 20.8 Å². The van der Waals surface area contributed by atoms with Crippen LogP contribution in [0.5, 0.6) is 0 Å². The molecule has 0 aliphatic carbocycles. The van der Waals surface area contributed by atoms with E-state index in [1.165, 1.54) is 26.1 Å². The number of nitriles is 1. The summed E-state index contributed by atoms with van der Waals surface area (Å²) >= 11 is 5.87. The number of carbonyl (C=O) groups excluding carboxylic acids is 2. The van der Waals surface area contributed by atoms with Gasteiger partial charge in [0, 0.05) is 0 Å². The van der Waals surface area contributed by atoms with Crippen molar-refractivity contribution in [3.05, 3.63) is 28.8 Å². The fraction of sp³-hybridized carbons (Fsp3) is 0.471. The molecular formula is C17H22ClN3O5S. The van der Waals surface area contributed by atoms with Gasteiger partial charge in [0.05, 0.1) is 16.7 Å². The van der Waals surface area contributed by atoms with Crippen LogP contribution in [-0.2, 0) is 19.6 Å². The minimum Gasteiger partial charge on any atom is -0.449 e. The maximum atomic E-state index is 12.3. The van der Waals surface area contributed by atoms with Crippen LogP contribution < -0.4 is 10.0 Å². The van der Waals surface area contributed by atoms with E-state index < -0.39 is 33.5 Å². The highest BCUT2D eigenvalue weighted by atomic mass is 35.5. The summed E-state index contributed by atoms with van der Waals surface area (Å²) in [6.45, 7) is 6.47. The summed E-state index contributed by atoms with van der Waals surface area (Å²) < 4.78 is 31.1. The zero-order chi connectivity index (χ0) is 21.0. The number of esters is 1. The lowest BCUT2D eigenvalue weighted by Crippen LogP contribution is -2.52. The van der Waals surface area contributed by atoms with Crippen molar-refractivity contribution < 1.29 is 22.7 Å². The summed E-state index contributed by atoms with van der Waals surface area (Å²) in [5.74, 6) is -1.71. The Labute approximate surface area is 163 Å². The molecule has 0 spiro atoms. The number of sulfonamides is 1. The smallest absolute Gasteiger partial charge is 0.338 e. The number of amides is 1. The van der Waals surface area contributed by atoms with Crippen molar-refractivity contribution in [1.29, 1.82) is 5.26 Å². The molecule has 2 N–H and O–H groups in total. The van der Waals surface area contributed by atoms with Crippen LogP contribution in [0.2, 0.25) is 5.02 Å². The van der Waals surface area contributed by atoms with Gasteiger partial charge in [-0.2, -0.15) is 5.26 Å². The fourth-order valence-corrected chi connectivity index (χ4v) is 3.14. The van der Waals surface area contributed by atoms with E-state index in [-0.39, 0.29) is 21.4 Å². The maximum Gasteiger partial charge on any atom is 0.338 e. The van der Waals surface area contributed by atoms with Gasteiger partial charge in [-0.05, 0) is 45.0 Å². The lowest BCUT2D eigenvalue weighted by atomic mass is 9.90. The van der Waals surface area contributed by atoms with E-state index in [4.69, 9.17) is 16.3 Å². The molecule has 10 heteroatoms. The van der Waals surface area contributed by atoms with Crippen molar-refractivity contribution in [2.75, 3.05) is 7.05 Å². The van der Waals surface area contributed by atoms with E-state index in [1.807, 2.05) is 6.07 Å². The van der Waals surface area contributed by atoms with E-state index in [0.717, 1.165) is 6.07 Å². The van der Waals surface area contributed by atoms with E-state index in [2.05, 4.69) is 10.0 Å². The SMILES string of the molecule is CNS(=O)(=O)c1cc(C(=O)O[C@H](C)C(=O)N[C@](C)(C#N)C(C)C)ccc1Cl. The first-order chi connectivity index (χ1) is 12.4. The zero-order valence-corrected chi connectivity index (χ0v) is 17.2. The molecule has 1 rings (SSSR count). The average molecular weight is 416 g/mol. The van der Waals surface area contributed by atoms with Gasteiger partial charge in [-0.15, -0.1) is 0 Å². The van der Waals surface area contributed by atoms with E-state index >= 15 is 0 Å². The molecule has 0 saturated heterocycles. The van der Waals surface area contributed by atoms with Gasteiger partial charge in [0.1, 0.15) is 10.4 Å². The monoisotopic (exact) mass is 415 g/mol. The van der Waals surface area contributed by atoms with Crippen molar-refractivity contribution in [2.45, 2.75) is 44.2 Å². The molecule has 0 unspecified atom stereocenters. The number of nitrogens with zero attached hydrogens (tertiary/aromatic N) is 1. The molecule has 8 nitrogen and oxygen atoms in total. The Morgan fingerprint density at radius 1 is 1.30 bits per heavy atom. The lowest BCUT2D eigenvalue weighted by molar-refractivity contribution is -0.130. The normalized spacial score (nSPS) is 14.7. The molecule has 0 heterocycles. The van der Waals surface area contributed by atoms with Gasteiger partial charge in [0.25, 0.3) is 5.91 Å². The molecule has 1 amide bonds. The quantitative estimate of drug-likeness (QED) is 0.654. The average Bonchev–Trinajstić information content (AvgIpc) is 2.61. The van der Waals surface area contributed by atoms with Crippen molar-refractivity contribution in [2.24, 2.45) is 5.92 Å². The lowest BCUT2D eigenvalue weighted by Gasteiger charge is -2.28. The van der Waals surface area contributed by atoms with Crippen LogP contribution in [-0.4, -0.2) is 39.0 Å². The Hall–Kier alpha value is -2.15. The second-order valence-electron chi connectivity index (χ2n) is 6.36. The van der Waals surface area contributed by atoms with E-state index in [0.29, 0.717) is 0 Å². The Morgan fingerprint density at radius 3 is 2.37 bits per heavy atom. The molecule has 0 radical (unpaired) electrons. The Morgan fingerprint density at radius 2 is 1.89 bits per heavy atom. The van der Waals surface area contributed by atoms with Crippen molar-refractivity contribution in [1.82, 2.24) is 10.0 Å². The number of ether oxygens (including phenoxy) is 1. The summed E-state index contributed by atoms with van der Waals surface area (Å²) in [5, 5.41) is 11.7. The Balaban J connectivity index is 2.98. The standard InChI is InChI=1S/C17H22ClN3O5S/c1-10(2)17(4,9-19)21-15(22)11(3)26-16(23)12-6-7-13(18)14(8-12)27(24,25)20-5/h6-8,10-11,20H,1-5H3,(H,21,22)/t11-,17-/m1/s1. The van der Waals surface area contributed by atoms with Gasteiger partial charge < -0.3 is 10.1 Å². The first kappa shape index (κ1) is 22.9. The maximum absolute atomic E-state index is 12.3. The molecule has 0 fully saturated rings. The highest BCUT2D eigenvalue weighted by molar-refractivity contribution is 7.89. The van der Waals surface area contributed by atoms with Gasteiger partial charge in [0.2, 0.25) is 10.0 Å². The molecule has 1 aromatic rings. The van der Waals surface area contributed by atoms with Crippen LogP contribution in [0.4, 0.5) is 0 Å². The van der Waals surface area contributed by atoms with Crippen LogP contribution in [0.15, 0.2) is 23.1 Å². The van der Waals surface area contributed by atoms with Gasteiger partial charge in [0.15, 0.2) is 6.10 Å². The number of halogens is 1. The predicted molar refractivity (Wildman–Crippen MR) is 99.6 cm³/mol. The number of hydrogen-bond acceptors (Lipinski definition) is 6. The second-order valence-corrected chi connectivity index (χ2v) is 8.62. The number of hydrogen-bond donors (Lipinski definition) is 2. The van der Waals surface area contributed by atoms with Gasteiger partial charge in [-0.1, -0.05) is 25.4 Å². The highest BCUT2D eigenvalue weighted by Crippen LogP contribution is 2.23. The van der Waals surface area contributed by atoms with Crippen LogP contribution in [0, 0.1) is 17.2 Å². The summed E-state index contributed by atoms with van der Waals surface area (Å²) in [5.41, 5.74) is -1.20. The second kappa shape index (κ2) is 8.69. The molecule has 0 aromatic heterocycles. The minimum absolute atomic E-state index is 0.0617. The Bertz CT molecular complexity index is 879. The van der Waals surface area contributed by atoms with Gasteiger partial charge in [-0.25, -0.2) is 17.9 Å². The van der Waals surface area contributed by atoms with Crippen molar-refractivity contribution in [3.63, 3.8) is 0 Å². The molecule has 0 saturated carbocycles. The molecule has 148 valence electrons. The topological polar surface area (TPSA) is 125 Å². The van der Waals surface area contributed by atoms with Gasteiger partial charge in [-0.3, -0.25) is 4.79 Å². The van der Waals surface area contributed by atoms with Crippen LogP contribution >= 0.6 is 11.6 Å². The summed E-state index contributed by atoms with van der Waals surface area (Å²) in [4.78, 5) is 24.2. The largest absolute Gasteiger partial charge is 0.449 e. The first-order valence-electron chi connectivity index (χ1n) is 8.05. The fourth-order valence-electron chi connectivity index (χ4n) is 1.89. The first-order valence-corrected chi connectivity index (χ1v) is 9.91. The summed E-state index contributed by atoms with van der Waals surface area (Å²) in [6, 6.07) is 5.63. The molecular weight excluding hydrogens is 394 g/mol. The number of benzene rings is 1. The third-order valence-electron chi connectivity index (χ3n) is 4.15. The molecule has 0 aliphatic rings. The highest BCUT2D eigenvalue weighted by Gasteiger charge is 2.32. The zero-order valence-electron chi connectivity index (χ0n) is 15.7. The van der Waals surface area contributed by atoms with Crippen LogP contribution in [0.25, 0.3) is 0 Å². The third kappa shape index (κ3) is 5.42. The molecule has 0 aliphatic heterocycles. The molecule has 0 bridgehead atoms. The third-order valence-corrected chi connectivity index (χ3v) is 6.04. The minimum atomic E-state index is -3.87. The Kier molecular flexibility index (Phi) is 7.37. The van der Waals surface area contributed by atoms with E-state index in [9.17, 15) is 23.3 Å². The summed E-state index contributed by atoms with van der Waals surface area (Å²) in [6.07, 6.45) is -1.19. The molecule has 2 atom stereocenters. The van der Waals surface area contributed by atoms with Crippen LogP contribution in [0.3, 0.4) is 0 Å².